The summed E-state index contributed by atoms with van der Waals surface area (Å²) in [6.45, 7) is 3.96. The Morgan fingerprint density at radius 1 is 1.44 bits per heavy atom. The molecule has 1 aliphatic rings. The quantitative estimate of drug-likeness (QED) is 0.832. The summed E-state index contributed by atoms with van der Waals surface area (Å²) in [5, 5.41) is 11.6. The third kappa shape index (κ3) is 1.92. The smallest absolute Gasteiger partial charge is 0.305 e. The van der Waals surface area contributed by atoms with E-state index in [0.29, 0.717) is 0 Å². The van der Waals surface area contributed by atoms with Crippen molar-refractivity contribution in [3.8, 4) is 0 Å². The van der Waals surface area contributed by atoms with Crippen molar-refractivity contribution < 1.29 is 14.7 Å². The van der Waals surface area contributed by atoms with E-state index in [2.05, 4.69) is 5.32 Å². The van der Waals surface area contributed by atoms with Crippen molar-refractivity contribution >= 4 is 23.3 Å². The molecule has 96 valence electrons. The van der Waals surface area contributed by atoms with Gasteiger partial charge in [0, 0.05) is 7.05 Å². The van der Waals surface area contributed by atoms with Gasteiger partial charge in [-0.25, -0.2) is 0 Å². The lowest BCUT2D eigenvalue weighted by Gasteiger charge is -2.36. The Hall–Kier alpha value is -2.04. The first-order valence-electron chi connectivity index (χ1n) is 5.77. The van der Waals surface area contributed by atoms with Crippen LogP contribution >= 0.6 is 0 Å². The molecule has 2 N–H and O–H groups in total. The van der Waals surface area contributed by atoms with Crippen molar-refractivity contribution in [2.45, 2.75) is 26.3 Å². The fourth-order valence-corrected chi connectivity index (χ4v) is 2.30. The summed E-state index contributed by atoms with van der Waals surface area (Å²) < 4.78 is 0. The molecule has 1 amide bonds. The number of benzene rings is 1. The highest BCUT2D eigenvalue weighted by Crippen LogP contribution is 2.36. The number of hydrogen-bond acceptors (Lipinski definition) is 3. The van der Waals surface area contributed by atoms with Gasteiger partial charge in [-0.3, -0.25) is 9.59 Å². The van der Waals surface area contributed by atoms with Crippen LogP contribution in [-0.2, 0) is 9.59 Å². The van der Waals surface area contributed by atoms with Crippen LogP contribution in [0.5, 0.6) is 0 Å². The normalized spacial score (nSPS) is 18.3. The third-order valence-corrected chi connectivity index (χ3v) is 3.45. The highest BCUT2D eigenvalue weighted by atomic mass is 16.4. The lowest BCUT2D eigenvalue weighted by molar-refractivity contribution is -0.138. The molecule has 0 fully saturated rings. The molecule has 1 aliphatic heterocycles. The highest BCUT2D eigenvalue weighted by Gasteiger charge is 2.33. The summed E-state index contributed by atoms with van der Waals surface area (Å²) in [5.41, 5.74) is 3.82. The molecule has 1 atom stereocenters. The maximum absolute atomic E-state index is 11.9. The second kappa shape index (κ2) is 4.33. The van der Waals surface area contributed by atoms with Gasteiger partial charge in [0.15, 0.2) is 0 Å². The Morgan fingerprint density at radius 2 is 2.11 bits per heavy atom. The number of aliphatic carboxylic acids is 1. The van der Waals surface area contributed by atoms with Gasteiger partial charge < -0.3 is 15.3 Å². The second-order valence-electron chi connectivity index (χ2n) is 4.62. The van der Waals surface area contributed by atoms with Crippen LogP contribution in [0.25, 0.3) is 0 Å². The van der Waals surface area contributed by atoms with Crippen molar-refractivity contribution in [2.75, 3.05) is 17.3 Å². The molecule has 1 aromatic rings. The molecule has 2 rings (SSSR count). The van der Waals surface area contributed by atoms with Gasteiger partial charge in [0.25, 0.3) is 0 Å². The van der Waals surface area contributed by atoms with Gasteiger partial charge in [0.2, 0.25) is 5.91 Å². The molecule has 0 saturated carbocycles. The minimum absolute atomic E-state index is 0.199. The number of aryl methyl sites for hydroxylation is 1. The molecule has 1 unspecified atom stereocenters. The standard InChI is InChI=1S/C13H16N2O3/c1-7-4-5-9-12(8(7)2)15(3)10(6-11(16)17)13(18)14-9/h4-5,10H,6H2,1-3H3,(H,14,18)(H,16,17). The molecule has 0 aliphatic carbocycles. The molecular weight excluding hydrogens is 232 g/mol. The number of carbonyl (C=O) groups excluding carboxylic acids is 1. The topological polar surface area (TPSA) is 69.6 Å². The average Bonchev–Trinajstić information content (AvgIpc) is 2.29. The van der Waals surface area contributed by atoms with Crippen molar-refractivity contribution in [1.29, 1.82) is 0 Å². The number of rotatable bonds is 2. The lowest BCUT2D eigenvalue weighted by Crippen LogP contribution is -2.47. The van der Waals surface area contributed by atoms with E-state index in [0.717, 1.165) is 22.5 Å². The number of nitrogens with one attached hydrogen (secondary N) is 1. The molecule has 18 heavy (non-hydrogen) atoms. The minimum atomic E-state index is -0.976. The largest absolute Gasteiger partial charge is 0.481 e. The van der Waals surface area contributed by atoms with Gasteiger partial charge in [0.05, 0.1) is 17.8 Å². The van der Waals surface area contributed by atoms with Crippen LogP contribution in [0.3, 0.4) is 0 Å². The molecule has 0 saturated heterocycles. The van der Waals surface area contributed by atoms with Crippen LogP contribution < -0.4 is 10.2 Å². The van der Waals surface area contributed by atoms with Gasteiger partial charge in [-0.1, -0.05) is 6.07 Å². The first-order valence-corrected chi connectivity index (χ1v) is 5.77. The monoisotopic (exact) mass is 248 g/mol. The number of anilines is 2. The van der Waals surface area contributed by atoms with E-state index >= 15 is 0 Å². The first kappa shape index (κ1) is 12.4. The number of fused-ring (bicyclic) bond motifs is 1. The SMILES string of the molecule is Cc1ccc2c(c1C)N(C)C(CC(=O)O)C(=O)N2. The van der Waals surface area contributed by atoms with Crippen molar-refractivity contribution in [1.82, 2.24) is 0 Å². The molecule has 1 heterocycles. The fourth-order valence-electron chi connectivity index (χ4n) is 2.30. The van der Waals surface area contributed by atoms with Crippen molar-refractivity contribution in [2.24, 2.45) is 0 Å². The number of carboxylic acids is 1. The zero-order valence-corrected chi connectivity index (χ0v) is 10.7. The zero-order valence-electron chi connectivity index (χ0n) is 10.7. The van der Waals surface area contributed by atoms with Crippen LogP contribution in [-0.4, -0.2) is 30.1 Å². The van der Waals surface area contributed by atoms with E-state index in [-0.39, 0.29) is 12.3 Å². The second-order valence-corrected chi connectivity index (χ2v) is 4.62. The van der Waals surface area contributed by atoms with E-state index in [9.17, 15) is 9.59 Å². The molecule has 0 aromatic heterocycles. The maximum atomic E-state index is 11.9. The van der Waals surface area contributed by atoms with E-state index in [1.165, 1.54) is 0 Å². The van der Waals surface area contributed by atoms with E-state index in [4.69, 9.17) is 5.11 Å². The number of hydrogen-bond donors (Lipinski definition) is 2. The zero-order chi connectivity index (χ0) is 13.4. The fraction of sp³-hybridized carbons (Fsp3) is 0.385. The van der Waals surface area contributed by atoms with Gasteiger partial charge in [0.1, 0.15) is 6.04 Å². The van der Waals surface area contributed by atoms with Crippen molar-refractivity contribution in [3.05, 3.63) is 23.3 Å². The van der Waals surface area contributed by atoms with Gasteiger partial charge in [-0.05, 0) is 31.0 Å². The van der Waals surface area contributed by atoms with E-state index in [1.807, 2.05) is 26.0 Å². The molecule has 0 spiro atoms. The molecule has 5 heteroatoms. The van der Waals surface area contributed by atoms with Crippen molar-refractivity contribution in [3.63, 3.8) is 0 Å². The highest BCUT2D eigenvalue weighted by molar-refractivity contribution is 6.05. The molecule has 5 nitrogen and oxygen atoms in total. The summed E-state index contributed by atoms with van der Waals surface area (Å²) in [6, 6.07) is 3.14. The van der Waals surface area contributed by atoms with Gasteiger partial charge in [-0.15, -0.1) is 0 Å². The van der Waals surface area contributed by atoms with Crippen LogP contribution in [0, 0.1) is 13.8 Å². The third-order valence-electron chi connectivity index (χ3n) is 3.45. The summed E-state index contributed by atoms with van der Waals surface area (Å²) in [7, 11) is 1.76. The van der Waals surface area contributed by atoms with Crippen LogP contribution in [0.2, 0.25) is 0 Å². The Labute approximate surface area is 105 Å². The average molecular weight is 248 g/mol. The first-order chi connectivity index (χ1) is 8.41. The van der Waals surface area contributed by atoms with E-state index < -0.39 is 12.0 Å². The number of carbonyl (C=O) groups is 2. The van der Waals surface area contributed by atoms with Gasteiger partial charge >= 0.3 is 5.97 Å². The predicted octanol–water partition coefficient (Wildman–Crippen LogP) is 1.54. The number of likely N-dealkylation sites (N-methyl/N-ethyl adjacent to an activating group) is 1. The minimum Gasteiger partial charge on any atom is -0.481 e. The summed E-state index contributed by atoms with van der Waals surface area (Å²) >= 11 is 0. The summed E-state index contributed by atoms with van der Waals surface area (Å²) in [4.78, 5) is 24.5. The van der Waals surface area contributed by atoms with Gasteiger partial charge in [-0.2, -0.15) is 0 Å². The van der Waals surface area contributed by atoms with Crippen LogP contribution in [0.1, 0.15) is 17.5 Å². The maximum Gasteiger partial charge on any atom is 0.305 e. The molecule has 1 aromatic carbocycles. The summed E-state index contributed by atoms with van der Waals surface area (Å²) in [6.07, 6.45) is -0.199. The molecule has 0 bridgehead atoms. The Bertz CT molecular complexity index is 525. The van der Waals surface area contributed by atoms with Crippen LogP contribution in [0.15, 0.2) is 12.1 Å². The molecule has 0 radical (unpaired) electrons. The molecular formula is C13H16N2O3. The Balaban J connectivity index is 2.47. The van der Waals surface area contributed by atoms with Crippen LogP contribution in [0.4, 0.5) is 11.4 Å². The number of carboxylic acid groups (broad SMARTS) is 1. The predicted molar refractivity (Wildman–Crippen MR) is 69.0 cm³/mol. The Morgan fingerprint density at radius 3 is 2.72 bits per heavy atom. The summed E-state index contributed by atoms with van der Waals surface area (Å²) in [5.74, 6) is -1.24. The lowest BCUT2D eigenvalue weighted by atomic mass is 10.00. The number of nitrogens with zero attached hydrogens (tertiary/aromatic N) is 1. The van der Waals surface area contributed by atoms with E-state index in [1.54, 1.807) is 11.9 Å². The number of amides is 1. The Kier molecular flexibility index (Phi) is 2.98.